The van der Waals surface area contributed by atoms with Crippen LogP contribution in [0.25, 0.3) is 0 Å². The lowest BCUT2D eigenvalue weighted by Crippen LogP contribution is -2.10. The summed E-state index contributed by atoms with van der Waals surface area (Å²) in [5, 5.41) is 0. The van der Waals surface area contributed by atoms with Gasteiger partial charge in [0.2, 0.25) is 0 Å². The van der Waals surface area contributed by atoms with Gasteiger partial charge in [-0.25, -0.2) is 0 Å². The minimum atomic E-state index is 0.171. The molecular formula is C12H18BrN. The van der Waals surface area contributed by atoms with E-state index < -0.39 is 0 Å². The molecule has 1 aromatic carbocycles. The zero-order chi connectivity index (χ0) is 10.6. The molecule has 0 saturated carbocycles. The molecule has 1 nitrogen and oxygen atoms in total. The number of halogens is 1. The third-order valence-electron chi connectivity index (χ3n) is 2.42. The van der Waals surface area contributed by atoms with Gasteiger partial charge in [0.1, 0.15) is 0 Å². The van der Waals surface area contributed by atoms with E-state index in [4.69, 9.17) is 5.73 Å². The van der Waals surface area contributed by atoms with Crippen molar-refractivity contribution in [2.45, 2.75) is 39.2 Å². The monoisotopic (exact) mass is 255 g/mol. The second-order valence-corrected chi connectivity index (χ2v) is 4.63. The zero-order valence-electron chi connectivity index (χ0n) is 8.89. The summed E-state index contributed by atoms with van der Waals surface area (Å²) in [6, 6.07) is 6.54. The summed E-state index contributed by atoms with van der Waals surface area (Å²) in [7, 11) is 0. The van der Waals surface area contributed by atoms with Crippen LogP contribution in [0.2, 0.25) is 0 Å². The molecule has 0 spiro atoms. The Hall–Kier alpha value is -0.340. The molecule has 2 N–H and O–H groups in total. The van der Waals surface area contributed by atoms with E-state index in [9.17, 15) is 0 Å². The first-order valence-corrected chi connectivity index (χ1v) is 5.96. The molecule has 0 aliphatic rings. The predicted octanol–water partition coefficient (Wildman–Crippen LogP) is 3.95. The molecule has 78 valence electrons. The lowest BCUT2D eigenvalue weighted by Gasteiger charge is -2.13. The van der Waals surface area contributed by atoms with Crippen molar-refractivity contribution < 1.29 is 0 Å². The van der Waals surface area contributed by atoms with Gasteiger partial charge in [-0.3, -0.25) is 0 Å². The molecule has 0 saturated heterocycles. The van der Waals surface area contributed by atoms with Crippen molar-refractivity contribution in [1.82, 2.24) is 0 Å². The van der Waals surface area contributed by atoms with Crippen LogP contribution in [-0.4, -0.2) is 0 Å². The van der Waals surface area contributed by atoms with E-state index in [1.165, 1.54) is 24.0 Å². The number of hydrogen-bond acceptors (Lipinski definition) is 1. The summed E-state index contributed by atoms with van der Waals surface area (Å²) in [6.07, 6.45) is 3.47. The van der Waals surface area contributed by atoms with Crippen molar-refractivity contribution in [2.24, 2.45) is 5.73 Å². The Morgan fingerprint density at radius 2 is 2.14 bits per heavy atom. The smallest absolute Gasteiger partial charge is 0.0306 e. The normalized spacial score (nSPS) is 12.9. The summed E-state index contributed by atoms with van der Waals surface area (Å²) >= 11 is 3.56. The van der Waals surface area contributed by atoms with Crippen molar-refractivity contribution in [3.8, 4) is 0 Å². The Bertz CT molecular complexity index is 296. The van der Waals surface area contributed by atoms with Gasteiger partial charge in [0.05, 0.1) is 0 Å². The molecule has 0 heterocycles. The molecule has 0 fully saturated rings. The van der Waals surface area contributed by atoms with Gasteiger partial charge in [-0.2, -0.15) is 0 Å². The molecule has 0 aliphatic carbocycles. The highest BCUT2D eigenvalue weighted by atomic mass is 79.9. The van der Waals surface area contributed by atoms with Gasteiger partial charge in [0, 0.05) is 10.5 Å². The second kappa shape index (κ2) is 5.52. The van der Waals surface area contributed by atoms with E-state index in [0.717, 1.165) is 10.9 Å². The third-order valence-corrected chi connectivity index (χ3v) is 3.11. The summed E-state index contributed by atoms with van der Waals surface area (Å²) in [6.45, 7) is 4.28. The molecule has 1 unspecified atom stereocenters. The summed E-state index contributed by atoms with van der Waals surface area (Å²) in [5.74, 6) is 0. The Balaban J connectivity index is 2.74. The number of aryl methyl sites for hydroxylation is 1. The van der Waals surface area contributed by atoms with E-state index >= 15 is 0 Å². The van der Waals surface area contributed by atoms with Gasteiger partial charge in [0.15, 0.2) is 0 Å². The standard InChI is InChI=1S/C12H18BrN/c1-3-4-5-12(14)10-7-6-9(2)8-11(10)13/h6-8,12H,3-5,14H2,1-2H3. The first-order chi connectivity index (χ1) is 6.65. The fourth-order valence-electron chi connectivity index (χ4n) is 1.51. The quantitative estimate of drug-likeness (QED) is 0.867. The highest BCUT2D eigenvalue weighted by Gasteiger charge is 2.08. The summed E-state index contributed by atoms with van der Waals surface area (Å²) < 4.78 is 1.14. The lowest BCUT2D eigenvalue weighted by molar-refractivity contribution is 0.601. The maximum Gasteiger partial charge on any atom is 0.0306 e. The van der Waals surface area contributed by atoms with Crippen molar-refractivity contribution in [3.63, 3.8) is 0 Å². The van der Waals surface area contributed by atoms with E-state index in [2.05, 4.69) is 48.0 Å². The number of hydrogen-bond donors (Lipinski definition) is 1. The van der Waals surface area contributed by atoms with Crippen LogP contribution in [0.3, 0.4) is 0 Å². The average molecular weight is 256 g/mol. The predicted molar refractivity (Wildman–Crippen MR) is 65.3 cm³/mol. The molecule has 1 atom stereocenters. The first kappa shape index (κ1) is 11.7. The maximum absolute atomic E-state index is 6.10. The van der Waals surface area contributed by atoms with E-state index in [-0.39, 0.29) is 6.04 Å². The third kappa shape index (κ3) is 3.10. The topological polar surface area (TPSA) is 26.0 Å². The van der Waals surface area contributed by atoms with Gasteiger partial charge >= 0.3 is 0 Å². The van der Waals surface area contributed by atoms with Gasteiger partial charge in [-0.15, -0.1) is 0 Å². The fourth-order valence-corrected chi connectivity index (χ4v) is 2.30. The van der Waals surface area contributed by atoms with E-state index in [1.54, 1.807) is 0 Å². The van der Waals surface area contributed by atoms with Crippen LogP contribution in [0.1, 0.15) is 43.4 Å². The molecule has 0 aromatic heterocycles. The average Bonchev–Trinajstić information content (AvgIpc) is 2.14. The summed E-state index contributed by atoms with van der Waals surface area (Å²) in [4.78, 5) is 0. The van der Waals surface area contributed by atoms with Crippen LogP contribution in [0.4, 0.5) is 0 Å². The fraction of sp³-hybridized carbons (Fsp3) is 0.500. The highest BCUT2D eigenvalue weighted by Crippen LogP contribution is 2.26. The maximum atomic E-state index is 6.10. The van der Waals surface area contributed by atoms with Crippen molar-refractivity contribution >= 4 is 15.9 Å². The molecule has 0 bridgehead atoms. The Morgan fingerprint density at radius 3 is 2.71 bits per heavy atom. The Kier molecular flexibility index (Phi) is 4.63. The Morgan fingerprint density at radius 1 is 1.43 bits per heavy atom. The van der Waals surface area contributed by atoms with Crippen LogP contribution in [0.15, 0.2) is 22.7 Å². The van der Waals surface area contributed by atoms with Gasteiger partial charge in [-0.1, -0.05) is 47.8 Å². The van der Waals surface area contributed by atoms with Crippen LogP contribution in [0, 0.1) is 6.92 Å². The van der Waals surface area contributed by atoms with Crippen LogP contribution in [0.5, 0.6) is 0 Å². The molecular weight excluding hydrogens is 238 g/mol. The molecule has 1 rings (SSSR count). The highest BCUT2D eigenvalue weighted by molar-refractivity contribution is 9.10. The first-order valence-electron chi connectivity index (χ1n) is 5.16. The minimum Gasteiger partial charge on any atom is -0.324 e. The minimum absolute atomic E-state index is 0.171. The van der Waals surface area contributed by atoms with Crippen LogP contribution >= 0.6 is 15.9 Å². The van der Waals surface area contributed by atoms with Crippen molar-refractivity contribution in [3.05, 3.63) is 33.8 Å². The van der Waals surface area contributed by atoms with Gasteiger partial charge in [-0.05, 0) is 30.5 Å². The van der Waals surface area contributed by atoms with Gasteiger partial charge < -0.3 is 5.73 Å². The zero-order valence-corrected chi connectivity index (χ0v) is 10.5. The number of nitrogens with two attached hydrogens (primary N) is 1. The molecule has 2 heteroatoms. The number of unbranched alkanes of at least 4 members (excludes halogenated alkanes) is 1. The molecule has 0 radical (unpaired) electrons. The van der Waals surface area contributed by atoms with Crippen molar-refractivity contribution in [1.29, 1.82) is 0 Å². The van der Waals surface area contributed by atoms with Crippen LogP contribution < -0.4 is 5.73 Å². The molecule has 1 aromatic rings. The van der Waals surface area contributed by atoms with E-state index in [1.807, 2.05) is 0 Å². The second-order valence-electron chi connectivity index (χ2n) is 3.77. The summed E-state index contributed by atoms with van der Waals surface area (Å²) in [5.41, 5.74) is 8.59. The lowest BCUT2D eigenvalue weighted by atomic mass is 10.0. The molecule has 0 amide bonds. The molecule has 0 aliphatic heterocycles. The van der Waals surface area contributed by atoms with Crippen LogP contribution in [-0.2, 0) is 0 Å². The SMILES string of the molecule is CCCCC(N)c1ccc(C)cc1Br. The van der Waals surface area contributed by atoms with Crippen molar-refractivity contribution in [2.75, 3.05) is 0 Å². The largest absolute Gasteiger partial charge is 0.324 e. The van der Waals surface area contributed by atoms with Gasteiger partial charge in [0.25, 0.3) is 0 Å². The molecule has 14 heavy (non-hydrogen) atoms. The number of rotatable bonds is 4. The van der Waals surface area contributed by atoms with E-state index in [0.29, 0.717) is 0 Å². The number of benzene rings is 1. The Labute approximate surface area is 94.8 Å².